The maximum Gasteiger partial charge on any atom is 0.315 e. The minimum atomic E-state index is -1.11. The molecular weight excluding hydrogens is 294 g/mol. The Labute approximate surface area is 137 Å². The van der Waals surface area contributed by atoms with Gasteiger partial charge in [0.05, 0.1) is 12.0 Å². The number of hydrogen-bond donors (Lipinski definition) is 2. The Morgan fingerprint density at radius 1 is 1.35 bits per heavy atom. The average molecular weight is 319 g/mol. The third-order valence-electron chi connectivity index (χ3n) is 4.88. The molecule has 2 N–H and O–H groups in total. The summed E-state index contributed by atoms with van der Waals surface area (Å²) in [6, 6.07) is 9.09. The standard InChI is InChI=1S/C18H25NO4/c1-3-18(16(21)22,14-8-5-4-6-9-14)12-19-15(20)17(2)10-7-11-23-13-17/h4-6,8-9H,3,7,10-13H2,1-2H3,(H,19,20)(H,21,22). The van der Waals surface area contributed by atoms with Gasteiger partial charge in [0.15, 0.2) is 0 Å². The Balaban J connectivity index is 2.16. The molecular formula is C18H25NO4. The second-order valence-corrected chi connectivity index (χ2v) is 6.51. The van der Waals surface area contributed by atoms with Crippen LogP contribution in [0.4, 0.5) is 0 Å². The quantitative estimate of drug-likeness (QED) is 0.844. The van der Waals surface area contributed by atoms with Gasteiger partial charge >= 0.3 is 5.97 Å². The topological polar surface area (TPSA) is 75.6 Å². The number of nitrogens with one attached hydrogen (secondary N) is 1. The van der Waals surface area contributed by atoms with Gasteiger partial charge in [-0.25, -0.2) is 0 Å². The first-order chi connectivity index (χ1) is 10.9. The lowest BCUT2D eigenvalue weighted by atomic mass is 9.77. The highest BCUT2D eigenvalue weighted by atomic mass is 16.5. The first-order valence-electron chi connectivity index (χ1n) is 8.09. The number of rotatable bonds is 6. The van der Waals surface area contributed by atoms with Crippen molar-refractivity contribution in [3.05, 3.63) is 35.9 Å². The number of carboxylic acid groups (broad SMARTS) is 1. The Bertz CT molecular complexity index is 551. The number of aliphatic carboxylic acids is 1. The summed E-state index contributed by atoms with van der Waals surface area (Å²) in [5, 5.41) is 12.7. The van der Waals surface area contributed by atoms with Crippen LogP contribution < -0.4 is 5.32 Å². The normalized spacial score (nSPS) is 23.7. The molecule has 1 heterocycles. The van der Waals surface area contributed by atoms with E-state index in [-0.39, 0.29) is 12.5 Å². The molecule has 23 heavy (non-hydrogen) atoms. The first kappa shape index (κ1) is 17.5. The first-order valence-corrected chi connectivity index (χ1v) is 8.09. The van der Waals surface area contributed by atoms with E-state index in [2.05, 4.69) is 5.32 Å². The van der Waals surface area contributed by atoms with Gasteiger partial charge in [0, 0.05) is 13.2 Å². The van der Waals surface area contributed by atoms with Crippen molar-refractivity contribution in [2.75, 3.05) is 19.8 Å². The van der Waals surface area contributed by atoms with E-state index >= 15 is 0 Å². The second-order valence-electron chi connectivity index (χ2n) is 6.51. The molecule has 1 saturated heterocycles. The Kier molecular flexibility index (Phi) is 5.42. The molecule has 5 heteroatoms. The molecule has 1 aliphatic rings. The van der Waals surface area contributed by atoms with E-state index in [1.807, 2.05) is 32.0 Å². The van der Waals surface area contributed by atoms with Crippen LogP contribution in [0.15, 0.2) is 30.3 Å². The molecule has 1 aromatic carbocycles. The van der Waals surface area contributed by atoms with Crippen molar-refractivity contribution >= 4 is 11.9 Å². The number of benzene rings is 1. The van der Waals surface area contributed by atoms with Crippen LogP contribution in [0, 0.1) is 5.41 Å². The number of hydrogen-bond acceptors (Lipinski definition) is 3. The minimum absolute atomic E-state index is 0.0806. The Morgan fingerprint density at radius 3 is 2.57 bits per heavy atom. The van der Waals surface area contributed by atoms with Crippen molar-refractivity contribution in [1.82, 2.24) is 5.32 Å². The number of ether oxygens (including phenoxy) is 1. The predicted molar refractivity (Wildman–Crippen MR) is 87.2 cm³/mol. The lowest BCUT2D eigenvalue weighted by Gasteiger charge is -2.34. The molecule has 0 saturated carbocycles. The molecule has 1 fully saturated rings. The van der Waals surface area contributed by atoms with Gasteiger partial charge in [0.1, 0.15) is 5.41 Å². The molecule has 2 atom stereocenters. The van der Waals surface area contributed by atoms with Gasteiger partial charge in [-0.3, -0.25) is 9.59 Å². The fourth-order valence-corrected chi connectivity index (χ4v) is 3.10. The zero-order chi connectivity index (χ0) is 16.9. The molecule has 0 bridgehead atoms. The summed E-state index contributed by atoms with van der Waals surface area (Å²) >= 11 is 0. The SMILES string of the molecule is CCC(CNC(=O)C1(C)CCCOC1)(C(=O)O)c1ccccc1. The van der Waals surface area contributed by atoms with Gasteiger partial charge in [0.2, 0.25) is 5.91 Å². The van der Waals surface area contributed by atoms with Crippen molar-refractivity contribution < 1.29 is 19.4 Å². The molecule has 1 amide bonds. The molecule has 2 rings (SSSR count). The smallest absolute Gasteiger partial charge is 0.315 e. The van der Waals surface area contributed by atoms with E-state index in [9.17, 15) is 14.7 Å². The lowest BCUT2D eigenvalue weighted by molar-refractivity contribution is -0.145. The molecule has 0 aromatic heterocycles. The largest absolute Gasteiger partial charge is 0.481 e. The molecule has 1 aliphatic heterocycles. The van der Waals surface area contributed by atoms with Crippen molar-refractivity contribution in [2.24, 2.45) is 5.41 Å². The van der Waals surface area contributed by atoms with Crippen LogP contribution in [0.2, 0.25) is 0 Å². The third-order valence-corrected chi connectivity index (χ3v) is 4.88. The highest BCUT2D eigenvalue weighted by Gasteiger charge is 2.41. The highest BCUT2D eigenvalue weighted by molar-refractivity contribution is 5.85. The molecule has 5 nitrogen and oxygen atoms in total. The van der Waals surface area contributed by atoms with Gasteiger partial charge in [-0.15, -0.1) is 0 Å². The van der Waals surface area contributed by atoms with E-state index in [0.29, 0.717) is 25.2 Å². The van der Waals surface area contributed by atoms with Gasteiger partial charge in [-0.2, -0.15) is 0 Å². The maximum atomic E-state index is 12.6. The maximum absolute atomic E-state index is 12.6. The van der Waals surface area contributed by atoms with E-state index in [4.69, 9.17) is 4.74 Å². The van der Waals surface area contributed by atoms with Crippen molar-refractivity contribution in [3.8, 4) is 0 Å². The lowest BCUT2D eigenvalue weighted by Crippen LogP contribution is -2.51. The van der Waals surface area contributed by atoms with Gasteiger partial charge in [0.25, 0.3) is 0 Å². The number of amides is 1. The molecule has 2 unspecified atom stereocenters. The zero-order valence-electron chi connectivity index (χ0n) is 13.8. The summed E-state index contributed by atoms with van der Waals surface area (Å²) in [4.78, 5) is 24.5. The van der Waals surface area contributed by atoms with E-state index in [1.165, 1.54) is 0 Å². The van der Waals surface area contributed by atoms with Crippen LogP contribution in [-0.4, -0.2) is 36.7 Å². The van der Waals surface area contributed by atoms with E-state index in [0.717, 1.165) is 12.8 Å². The van der Waals surface area contributed by atoms with Gasteiger partial charge in [-0.05, 0) is 31.7 Å². The molecule has 0 spiro atoms. The summed E-state index contributed by atoms with van der Waals surface area (Å²) in [6.45, 7) is 4.85. The Hall–Kier alpha value is -1.88. The fourth-order valence-electron chi connectivity index (χ4n) is 3.10. The zero-order valence-corrected chi connectivity index (χ0v) is 13.8. The summed E-state index contributed by atoms with van der Waals surface area (Å²) in [6.07, 6.45) is 2.01. The number of carbonyl (C=O) groups is 2. The van der Waals surface area contributed by atoms with Gasteiger partial charge in [-0.1, -0.05) is 37.3 Å². The third kappa shape index (κ3) is 3.55. The molecule has 0 aliphatic carbocycles. The monoisotopic (exact) mass is 319 g/mol. The van der Waals surface area contributed by atoms with Crippen molar-refractivity contribution in [2.45, 2.75) is 38.5 Å². The van der Waals surface area contributed by atoms with Crippen molar-refractivity contribution in [1.29, 1.82) is 0 Å². The minimum Gasteiger partial charge on any atom is -0.481 e. The summed E-state index contributed by atoms with van der Waals surface area (Å²) in [5.41, 5.74) is -0.976. The summed E-state index contributed by atoms with van der Waals surface area (Å²) in [7, 11) is 0. The van der Waals surface area contributed by atoms with Gasteiger partial charge < -0.3 is 15.2 Å². The number of carbonyl (C=O) groups excluding carboxylic acids is 1. The Morgan fingerprint density at radius 2 is 2.04 bits per heavy atom. The van der Waals surface area contributed by atoms with Crippen LogP contribution in [0.1, 0.15) is 38.7 Å². The molecule has 126 valence electrons. The fraction of sp³-hybridized carbons (Fsp3) is 0.556. The molecule has 0 radical (unpaired) electrons. The summed E-state index contributed by atoms with van der Waals surface area (Å²) < 4.78 is 5.42. The van der Waals surface area contributed by atoms with Crippen LogP contribution in [0.25, 0.3) is 0 Å². The van der Waals surface area contributed by atoms with Crippen LogP contribution in [-0.2, 0) is 19.7 Å². The predicted octanol–water partition coefficient (Wildman–Crippen LogP) is 2.35. The van der Waals surface area contributed by atoms with Crippen LogP contribution in [0.5, 0.6) is 0 Å². The van der Waals surface area contributed by atoms with Crippen LogP contribution >= 0.6 is 0 Å². The molecule has 1 aromatic rings. The van der Waals surface area contributed by atoms with Crippen molar-refractivity contribution in [3.63, 3.8) is 0 Å². The van der Waals surface area contributed by atoms with Crippen LogP contribution in [0.3, 0.4) is 0 Å². The number of carboxylic acids is 1. The summed E-state index contributed by atoms with van der Waals surface area (Å²) in [5.74, 6) is -1.05. The van der Waals surface area contributed by atoms with E-state index < -0.39 is 16.8 Å². The average Bonchev–Trinajstić information content (AvgIpc) is 2.57. The second kappa shape index (κ2) is 7.13. The highest BCUT2D eigenvalue weighted by Crippen LogP contribution is 2.31. The van der Waals surface area contributed by atoms with E-state index in [1.54, 1.807) is 12.1 Å².